The van der Waals surface area contributed by atoms with Crippen molar-refractivity contribution in [3.8, 4) is 5.69 Å². The fraction of sp³-hybridized carbons (Fsp3) is 0.167. The van der Waals surface area contributed by atoms with Gasteiger partial charge in [-0.1, -0.05) is 29.8 Å². The van der Waals surface area contributed by atoms with Gasteiger partial charge in [0.15, 0.2) is 0 Å². The highest BCUT2D eigenvalue weighted by Crippen LogP contribution is 2.23. The molecule has 0 bridgehead atoms. The highest BCUT2D eigenvalue weighted by atomic mass is 35.5. The lowest BCUT2D eigenvalue weighted by molar-refractivity contribution is 0.561. The normalized spacial score (nSPS) is 12.9. The average molecular weight is 394 g/mol. The molecule has 136 valence electrons. The first-order chi connectivity index (χ1) is 12.4. The van der Waals surface area contributed by atoms with Crippen molar-refractivity contribution >= 4 is 21.6 Å². The number of nitrogens with zero attached hydrogens (tertiary/aromatic N) is 2. The first kappa shape index (κ1) is 18.6. The van der Waals surface area contributed by atoms with E-state index in [2.05, 4.69) is 9.82 Å². The van der Waals surface area contributed by atoms with Crippen LogP contribution >= 0.6 is 11.6 Å². The molecule has 1 aromatic heterocycles. The van der Waals surface area contributed by atoms with E-state index in [-0.39, 0.29) is 10.6 Å². The Bertz CT molecular complexity index is 1010. The number of aromatic nitrogens is 2. The Morgan fingerprint density at radius 3 is 2.73 bits per heavy atom. The molecular weight excluding hydrogens is 377 g/mol. The van der Waals surface area contributed by atoms with Gasteiger partial charge in [0, 0.05) is 29.0 Å². The van der Waals surface area contributed by atoms with E-state index in [1.165, 1.54) is 12.1 Å². The summed E-state index contributed by atoms with van der Waals surface area (Å²) in [5.74, 6) is -1.10. The minimum Gasteiger partial charge on any atom is -0.241 e. The average Bonchev–Trinajstić information content (AvgIpc) is 3.12. The van der Waals surface area contributed by atoms with E-state index in [0.717, 1.165) is 17.3 Å². The van der Waals surface area contributed by atoms with Gasteiger partial charge < -0.3 is 0 Å². The lowest BCUT2D eigenvalue weighted by atomic mass is 10.1. The quantitative estimate of drug-likeness (QED) is 0.691. The van der Waals surface area contributed by atoms with Gasteiger partial charge in [-0.3, -0.25) is 0 Å². The smallest absolute Gasteiger partial charge is 0.216 e. The summed E-state index contributed by atoms with van der Waals surface area (Å²) in [5.41, 5.74) is 1.55. The molecule has 1 heterocycles. The second-order valence-corrected chi connectivity index (χ2v) is 8.03. The van der Waals surface area contributed by atoms with Crippen molar-refractivity contribution < 1.29 is 12.8 Å². The van der Waals surface area contributed by atoms with Crippen LogP contribution in [0, 0.1) is 5.82 Å². The van der Waals surface area contributed by atoms with Crippen molar-refractivity contribution in [2.24, 2.45) is 0 Å². The van der Waals surface area contributed by atoms with Gasteiger partial charge >= 0.3 is 0 Å². The van der Waals surface area contributed by atoms with Crippen LogP contribution in [0.3, 0.4) is 0 Å². The van der Waals surface area contributed by atoms with E-state index in [1.54, 1.807) is 30.1 Å². The zero-order chi connectivity index (χ0) is 18.7. The number of hydrogen-bond donors (Lipinski definition) is 1. The van der Waals surface area contributed by atoms with Crippen LogP contribution in [-0.4, -0.2) is 18.2 Å². The van der Waals surface area contributed by atoms with Gasteiger partial charge in [-0.2, -0.15) is 5.10 Å². The molecule has 0 saturated heterocycles. The molecule has 26 heavy (non-hydrogen) atoms. The first-order valence-corrected chi connectivity index (χ1v) is 9.91. The number of rotatable bonds is 6. The van der Waals surface area contributed by atoms with E-state index < -0.39 is 27.6 Å². The summed E-state index contributed by atoms with van der Waals surface area (Å²) in [5, 5.41) is 4.48. The van der Waals surface area contributed by atoms with Gasteiger partial charge in [-0.25, -0.2) is 22.2 Å². The number of para-hydroxylation sites is 1. The van der Waals surface area contributed by atoms with Crippen LogP contribution in [-0.2, 0) is 15.8 Å². The van der Waals surface area contributed by atoms with E-state index in [0.29, 0.717) is 0 Å². The lowest BCUT2D eigenvalue weighted by Gasteiger charge is -2.18. The fourth-order valence-corrected chi connectivity index (χ4v) is 4.28. The van der Waals surface area contributed by atoms with Crippen molar-refractivity contribution in [2.45, 2.75) is 18.7 Å². The third-order valence-corrected chi connectivity index (χ3v) is 5.50. The predicted octanol–water partition coefficient (Wildman–Crippen LogP) is 3.85. The molecule has 2 aromatic carbocycles. The maximum atomic E-state index is 13.8. The summed E-state index contributed by atoms with van der Waals surface area (Å²) < 4.78 is 43.1. The molecule has 0 saturated carbocycles. The van der Waals surface area contributed by atoms with E-state index >= 15 is 0 Å². The number of halogens is 2. The van der Waals surface area contributed by atoms with Crippen LogP contribution in [0.2, 0.25) is 5.02 Å². The van der Waals surface area contributed by atoms with Crippen molar-refractivity contribution in [2.75, 3.05) is 0 Å². The zero-order valence-corrected chi connectivity index (χ0v) is 15.5. The third-order valence-electron chi connectivity index (χ3n) is 3.86. The molecule has 0 spiro atoms. The maximum Gasteiger partial charge on any atom is 0.216 e. The van der Waals surface area contributed by atoms with E-state index in [9.17, 15) is 12.8 Å². The van der Waals surface area contributed by atoms with Gasteiger partial charge in [-0.05, 0) is 42.8 Å². The topological polar surface area (TPSA) is 64.0 Å². The summed E-state index contributed by atoms with van der Waals surface area (Å²) in [6.07, 6.45) is 3.43. The molecule has 0 aliphatic carbocycles. The Labute approximate surface area is 156 Å². The molecule has 0 radical (unpaired) electrons. The van der Waals surface area contributed by atoms with Crippen molar-refractivity contribution in [3.63, 3.8) is 0 Å². The van der Waals surface area contributed by atoms with Crippen molar-refractivity contribution in [3.05, 3.63) is 82.9 Å². The predicted molar refractivity (Wildman–Crippen MR) is 99.1 cm³/mol. The first-order valence-electron chi connectivity index (χ1n) is 7.88. The molecule has 5 nitrogen and oxygen atoms in total. The molecule has 3 aromatic rings. The molecule has 0 fully saturated rings. The third kappa shape index (κ3) is 4.30. The molecular formula is C18H17ClFN3O2S. The van der Waals surface area contributed by atoms with Crippen molar-refractivity contribution in [1.82, 2.24) is 14.5 Å². The summed E-state index contributed by atoms with van der Waals surface area (Å²) in [7, 11) is -3.79. The Balaban J connectivity index is 1.84. The van der Waals surface area contributed by atoms with E-state index in [1.807, 2.05) is 24.3 Å². The summed E-state index contributed by atoms with van der Waals surface area (Å²) in [6.45, 7) is 1.73. The highest BCUT2D eigenvalue weighted by molar-refractivity contribution is 7.88. The molecule has 8 heteroatoms. The van der Waals surface area contributed by atoms with Gasteiger partial charge in [0.25, 0.3) is 0 Å². The standard InChI is InChI=1S/C18H17ClFN3O2S/c1-13(16-5-2-3-6-18(16)23-10-4-9-21-23)22-26(24,25)12-14-11-15(19)7-8-17(14)20/h2-11,13,22H,12H2,1H3/t13-/m1/s1. The second kappa shape index (κ2) is 7.57. The van der Waals surface area contributed by atoms with Crippen LogP contribution < -0.4 is 4.72 Å². The number of hydrogen-bond acceptors (Lipinski definition) is 3. The molecule has 3 rings (SSSR count). The Morgan fingerprint density at radius 1 is 1.23 bits per heavy atom. The number of nitrogens with one attached hydrogen (secondary N) is 1. The minimum absolute atomic E-state index is 0.0255. The summed E-state index contributed by atoms with van der Waals surface area (Å²) in [4.78, 5) is 0. The van der Waals surface area contributed by atoms with Crippen molar-refractivity contribution in [1.29, 1.82) is 0 Å². The summed E-state index contributed by atoms with van der Waals surface area (Å²) in [6, 6.07) is 12.5. The molecule has 1 atom stereocenters. The monoisotopic (exact) mass is 393 g/mol. The van der Waals surface area contributed by atoms with Gasteiger partial charge in [0.2, 0.25) is 10.0 Å². The van der Waals surface area contributed by atoms with Crippen LogP contribution in [0.25, 0.3) is 5.69 Å². The minimum atomic E-state index is -3.79. The number of sulfonamides is 1. The van der Waals surface area contributed by atoms with Gasteiger partial charge in [0.05, 0.1) is 11.4 Å². The maximum absolute atomic E-state index is 13.8. The lowest BCUT2D eigenvalue weighted by Crippen LogP contribution is -2.29. The highest BCUT2D eigenvalue weighted by Gasteiger charge is 2.20. The molecule has 0 amide bonds. The van der Waals surface area contributed by atoms with Crippen LogP contribution in [0.1, 0.15) is 24.1 Å². The largest absolute Gasteiger partial charge is 0.241 e. The van der Waals surface area contributed by atoms with Gasteiger partial charge in [0.1, 0.15) is 5.82 Å². The van der Waals surface area contributed by atoms with Crippen LogP contribution in [0.4, 0.5) is 4.39 Å². The second-order valence-electron chi connectivity index (χ2n) is 5.84. The SMILES string of the molecule is C[C@@H](NS(=O)(=O)Cc1cc(Cl)ccc1F)c1ccccc1-n1cccn1. The Morgan fingerprint density at radius 2 is 2.00 bits per heavy atom. The zero-order valence-electron chi connectivity index (χ0n) is 13.9. The Hall–Kier alpha value is -2.22. The van der Waals surface area contributed by atoms with Crippen LogP contribution in [0.5, 0.6) is 0 Å². The molecule has 1 N–H and O–H groups in total. The molecule has 0 unspecified atom stereocenters. The summed E-state index contributed by atoms with van der Waals surface area (Å²) >= 11 is 5.83. The van der Waals surface area contributed by atoms with Gasteiger partial charge in [-0.15, -0.1) is 0 Å². The Kier molecular flexibility index (Phi) is 5.41. The van der Waals surface area contributed by atoms with Crippen LogP contribution in [0.15, 0.2) is 60.9 Å². The molecule has 0 aliphatic heterocycles. The molecule has 0 aliphatic rings. The number of benzene rings is 2. The fourth-order valence-electron chi connectivity index (χ4n) is 2.71. The van der Waals surface area contributed by atoms with E-state index in [4.69, 9.17) is 11.6 Å².